The molecule has 2 rings (SSSR count). The number of rotatable bonds is 4. The molecule has 19 heavy (non-hydrogen) atoms. The third-order valence-electron chi connectivity index (χ3n) is 3.29. The van der Waals surface area contributed by atoms with E-state index < -0.39 is 9.84 Å². The number of hydrogen-bond acceptors (Lipinski definition) is 4. The van der Waals surface area contributed by atoms with Crippen LogP contribution in [0.25, 0.3) is 0 Å². The molecule has 0 aliphatic carbocycles. The zero-order chi connectivity index (χ0) is 13.9. The Kier molecular flexibility index (Phi) is 4.21. The van der Waals surface area contributed by atoms with Crippen molar-refractivity contribution in [3.63, 3.8) is 0 Å². The molecule has 1 atom stereocenters. The minimum Gasteiger partial charge on any atom is -0.314 e. The van der Waals surface area contributed by atoms with Crippen LogP contribution in [0.2, 0.25) is 0 Å². The third-order valence-corrected chi connectivity index (χ3v) is 5.06. The lowest BCUT2D eigenvalue weighted by Crippen LogP contribution is -2.40. The highest BCUT2D eigenvalue weighted by Gasteiger charge is 2.28. The molecule has 104 valence electrons. The van der Waals surface area contributed by atoms with Gasteiger partial charge in [0.2, 0.25) is 5.91 Å². The van der Waals surface area contributed by atoms with Gasteiger partial charge >= 0.3 is 0 Å². The summed E-state index contributed by atoms with van der Waals surface area (Å²) in [5, 5.41) is 3.02. The van der Waals surface area contributed by atoms with Crippen molar-refractivity contribution in [1.82, 2.24) is 5.32 Å². The van der Waals surface area contributed by atoms with Crippen LogP contribution in [0, 0.1) is 0 Å². The van der Waals surface area contributed by atoms with Crippen molar-refractivity contribution < 1.29 is 13.2 Å². The summed E-state index contributed by atoms with van der Waals surface area (Å²) in [5.74, 6) is 0.276. The van der Waals surface area contributed by atoms with Crippen LogP contribution in [0.5, 0.6) is 0 Å². The lowest BCUT2D eigenvalue weighted by Gasteiger charge is -2.19. The van der Waals surface area contributed by atoms with Crippen LogP contribution in [-0.4, -0.2) is 45.5 Å². The monoisotopic (exact) mass is 282 g/mol. The van der Waals surface area contributed by atoms with Gasteiger partial charge in [-0.3, -0.25) is 4.79 Å². The molecule has 1 aromatic carbocycles. The van der Waals surface area contributed by atoms with Gasteiger partial charge in [-0.05, 0) is 18.6 Å². The van der Waals surface area contributed by atoms with Crippen molar-refractivity contribution in [3.8, 4) is 0 Å². The van der Waals surface area contributed by atoms with Crippen LogP contribution in [-0.2, 0) is 14.6 Å². The fourth-order valence-electron chi connectivity index (χ4n) is 2.10. The number of nitrogens with zero attached hydrogens (tertiary/aromatic N) is 1. The summed E-state index contributed by atoms with van der Waals surface area (Å²) in [4.78, 5) is 13.5. The number of carbonyl (C=O) groups is 1. The Labute approximate surface area is 113 Å². The number of carbonyl (C=O) groups excluding carboxylic acids is 1. The van der Waals surface area contributed by atoms with Gasteiger partial charge in [-0.1, -0.05) is 18.2 Å². The van der Waals surface area contributed by atoms with Crippen molar-refractivity contribution in [3.05, 3.63) is 30.3 Å². The van der Waals surface area contributed by atoms with Crippen LogP contribution in [0.1, 0.15) is 6.42 Å². The molecular formula is C13H18N2O3S. The average Bonchev–Trinajstić information content (AvgIpc) is 2.76. The Morgan fingerprint density at radius 1 is 1.37 bits per heavy atom. The molecule has 5 nitrogen and oxygen atoms in total. The smallest absolute Gasteiger partial charge is 0.240 e. The first kappa shape index (κ1) is 14.0. The lowest BCUT2D eigenvalue weighted by molar-refractivity contribution is -0.117. The van der Waals surface area contributed by atoms with Crippen molar-refractivity contribution >= 4 is 21.4 Å². The molecule has 1 unspecified atom stereocenters. The molecule has 1 amide bonds. The van der Waals surface area contributed by atoms with Crippen molar-refractivity contribution in [2.45, 2.75) is 12.5 Å². The zero-order valence-corrected chi connectivity index (χ0v) is 11.7. The fourth-order valence-corrected chi connectivity index (χ4v) is 3.81. The van der Waals surface area contributed by atoms with Gasteiger partial charge in [0.25, 0.3) is 0 Å². The van der Waals surface area contributed by atoms with E-state index in [-0.39, 0.29) is 30.0 Å². The Morgan fingerprint density at radius 2 is 2.05 bits per heavy atom. The first-order valence-corrected chi connectivity index (χ1v) is 8.05. The van der Waals surface area contributed by atoms with Crippen molar-refractivity contribution in [1.29, 1.82) is 0 Å². The number of anilines is 1. The minimum absolute atomic E-state index is 0.0736. The van der Waals surface area contributed by atoms with Crippen LogP contribution in [0.3, 0.4) is 0 Å². The van der Waals surface area contributed by atoms with E-state index in [4.69, 9.17) is 0 Å². The third kappa shape index (κ3) is 3.78. The van der Waals surface area contributed by atoms with Crippen molar-refractivity contribution in [2.75, 3.05) is 30.0 Å². The molecule has 0 bridgehead atoms. The van der Waals surface area contributed by atoms with Crippen LogP contribution in [0.15, 0.2) is 30.3 Å². The number of benzene rings is 1. The topological polar surface area (TPSA) is 66.5 Å². The largest absolute Gasteiger partial charge is 0.314 e. The molecule has 1 aliphatic rings. The molecule has 1 N–H and O–H groups in total. The van der Waals surface area contributed by atoms with E-state index in [1.807, 2.05) is 30.3 Å². The lowest BCUT2D eigenvalue weighted by atomic mass is 10.2. The second-order valence-electron chi connectivity index (χ2n) is 4.77. The van der Waals surface area contributed by atoms with Crippen LogP contribution < -0.4 is 10.2 Å². The summed E-state index contributed by atoms with van der Waals surface area (Å²) < 4.78 is 22.6. The van der Waals surface area contributed by atoms with E-state index in [0.717, 1.165) is 5.69 Å². The standard InChI is InChI=1S/C13H18N2O3S/c1-15(12-5-3-2-4-6-12)13(16)9-14-11-7-8-19(17,18)10-11/h2-6,11,14H,7-10H2,1H3. The number of nitrogens with one attached hydrogen (secondary N) is 1. The Bertz CT molecular complexity index is 542. The molecule has 1 aromatic rings. The van der Waals surface area contributed by atoms with E-state index in [9.17, 15) is 13.2 Å². The number of hydrogen-bond donors (Lipinski definition) is 1. The molecule has 0 saturated carbocycles. The second kappa shape index (κ2) is 5.71. The molecule has 0 aromatic heterocycles. The predicted octanol–water partition coefficient (Wildman–Crippen LogP) is 0.426. The Balaban J connectivity index is 1.85. The van der Waals surface area contributed by atoms with Gasteiger partial charge in [-0.25, -0.2) is 8.42 Å². The van der Waals surface area contributed by atoms with Gasteiger partial charge in [-0.2, -0.15) is 0 Å². The zero-order valence-electron chi connectivity index (χ0n) is 10.9. The molecule has 1 aliphatic heterocycles. The van der Waals surface area contributed by atoms with Gasteiger partial charge in [0.1, 0.15) is 0 Å². The Hall–Kier alpha value is -1.40. The molecule has 6 heteroatoms. The summed E-state index contributed by atoms with van der Waals surface area (Å²) in [6.07, 6.45) is 0.588. The first-order valence-electron chi connectivity index (χ1n) is 6.23. The van der Waals surface area contributed by atoms with Gasteiger partial charge in [0.05, 0.1) is 18.1 Å². The SMILES string of the molecule is CN(C(=O)CNC1CCS(=O)(=O)C1)c1ccccc1. The molecule has 0 radical (unpaired) electrons. The van der Waals surface area contributed by atoms with Gasteiger partial charge < -0.3 is 10.2 Å². The van der Waals surface area contributed by atoms with Crippen LogP contribution in [0.4, 0.5) is 5.69 Å². The molecular weight excluding hydrogens is 264 g/mol. The van der Waals surface area contributed by atoms with Gasteiger partial charge in [0, 0.05) is 18.8 Å². The first-order chi connectivity index (χ1) is 8.98. The van der Waals surface area contributed by atoms with Gasteiger partial charge in [-0.15, -0.1) is 0 Å². The highest BCUT2D eigenvalue weighted by Crippen LogP contribution is 2.12. The van der Waals surface area contributed by atoms with Crippen molar-refractivity contribution in [2.24, 2.45) is 0 Å². The number of likely N-dealkylation sites (N-methyl/N-ethyl adjacent to an activating group) is 1. The molecule has 1 fully saturated rings. The predicted molar refractivity (Wildman–Crippen MR) is 74.9 cm³/mol. The van der Waals surface area contributed by atoms with E-state index in [1.54, 1.807) is 11.9 Å². The quantitative estimate of drug-likeness (QED) is 0.869. The molecule has 1 saturated heterocycles. The summed E-state index contributed by atoms with van der Waals surface area (Å²) in [6.45, 7) is 0.158. The summed E-state index contributed by atoms with van der Waals surface area (Å²) >= 11 is 0. The molecule has 1 heterocycles. The minimum atomic E-state index is -2.90. The summed E-state index contributed by atoms with van der Waals surface area (Å²) in [5.41, 5.74) is 0.827. The number of amides is 1. The van der Waals surface area contributed by atoms with Gasteiger partial charge in [0.15, 0.2) is 9.84 Å². The van der Waals surface area contributed by atoms with E-state index in [1.165, 1.54) is 0 Å². The maximum Gasteiger partial charge on any atom is 0.240 e. The number of sulfone groups is 1. The molecule has 0 spiro atoms. The normalized spacial score (nSPS) is 21.2. The van der Waals surface area contributed by atoms with E-state index in [2.05, 4.69) is 5.32 Å². The van der Waals surface area contributed by atoms with Crippen LogP contribution >= 0.6 is 0 Å². The fraction of sp³-hybridized carbons (Fsp3) is 0.462. The maximum absolute atomic E-state index is 12.0. The summed E-state index contributed by atoms with van der Waals surface area (Å²) in [7, 11) is -1.19. The second-order valence-corrected chi connectivity index (χ2v) is 7.00. The van der Waals surface area contributed by atoms with E-state index in [0.29, 0.717) is 6.42 Å². The van der Waals surface area contributed by atoms with E-state index >= 15 is 0 Å². The number of para-hydroxylation sites is 1. The summed E-state index contributed by atoms with van der Waals surface area (Å²) in [6, 6.07) is 9.25. The Morgan fingerprint density at radius 3 is 2.63 bits per heavy atom. The highest BCUT2D eigenvalue weighted by atomic mass is 32.2. The highest BCUT2D eigenvalue weighted by molar-refractivity contribution is 7.91. The average molecular weight is 282 g/mol. The maximum atomic E-state index is 12.0.